The van der Waals surface area contributed by atoms with Crippen LogP contribution < -0.4 is 9.64 Å². The Balaban J connectivity index is 1.28. The highest BCUT2D eigenvalue weighted by Crippen LogP contribution is 2.38. The van der Waals surface area contributed by atoms with E-state index < -0.39 is 10.0 Å². The van der Waals surface area contributed by atoms with Gasteiger partial charge in [-0.3, -0.25) is 4.79 Å². The Hall–Kier alpha value is -5.69. The summed E-state index contributed by atoms with van der Waals surface area (Å²) in [6.07, 6.45) is 1.68. The maximum atomic E-state index is 14.3. The molecule has 246 valence electrons. The number of nitrogens with zero attached hydrogens (tertiary/aromatic N) is 6. The summed E-state index contributed by atoms with van der Waals surface area (Å²) in [5.41, 5.74) is 4.17. The third-order valence-electron chi connectivity index (χ3n) is 8.91. The molecule has 2 fully saturated rings. The lowest BCUT2D eigenvalue weighted by molar-refractivity contribution is -0.129. The van der Waals surface area contributed by atoms with Gasteiger partial charge in [-0.05, 0) is 65.2 Å². The summed E-state index contributed by atoms with van der Waals surface area (Å²) in [4.78, 5) is 20.7. The predicted molar refractivity (Wildman–Crippen MR) is 183 cm³/mol. The minimum absolute atomic E-state index is 0.138. The highest BCUT2D eigenvalue weighted by molar-refractivity contribution is 7.90. The molecule has 0 radical (unpaired) electrons. The van der Waals surface area contributed by atoms with E-state index in [0.29, 0.717) is 71.8 Å². The standard InChI is InChI=1S/C37H32N6O5S/c38-15-12-36(44)42-17-14-30(25-42)48-35-11-8-27(22-28(35)24-39)32-13-16-40-37-33(32)23-34(43(37)49(45,46)31-4-2-1-3-5-31)26-6-9-29(10-7-26)41-18-20-47-21-19-41/h1-11,13,16,22-23,30H,12,14,17-21,25H2/t30-/m1/s1. The molecule has 11 nitrogen and oxygen atoms in total. The SMILES string of the molecule is N#CCC(=O)N1CC[C@@H](Oc2ccc(-c3ccnc4c3cc(-c3ccc(N5CCOCC5)cc3)n4S(=O)(=O)c3ccccc3)cc2C#N)C1. The maximum Gasteiger partial charge on any atom is 0.269 e. The molecule has 12 heteroatoms. The average molecular weight is 673 g/mol. The van der Waals surface area contributed by atoms with E-state index in [1.807, 2.05) is 42.5 Å². The molecule has 0 unspecified atom stereocenters. The lowest BCUT2D eigenvalue weighted by Gasteiger charge is -2.28. The van der Waals surface area contributed by atoms with Crippen LogP contribution in [0, 0.1) is 22.7 Å². The number of carbonyl (C=O) groups is 1. The number of likely N-dealkylation sites (tertiary alicyclic amines) is 1. The van der Waals surface area contributed by atoms with E-state index >= 15 is 0 Å². The van der Waals surface area contributed by atoms with Crippen LogP contribution in [0.3, 0.4) is 0 Å². The lowest BCUT2D eigenvalue weighted by atomic mass is 10.0. The third kappa shape index (κ3) is 6.20. The largest absolute Gasteiger partial charge is 0.487 e. The molecule has 5 aromatic rings. The Labute approximate surface area is 284 Å². The molecule has 3 aromatic carbocycles. The zero-order chi connectivity index (χ0) is 34.0. The van der Waals surface area contributed by atoms with Crippen molar-refractivity contribution in [3.05, 3.63) is 96.7 Å². The molecule has 0 aliphatic carbocycles. The van der Waals surface area contributed by atoms with Crippen molar-refractivity contribution < 1.29 is 22.7 Å². The van der Waals surface area contributed by atoms with Crippen molar-refractivity contribution in [1.29, 1.82) is 10.5 Å². The van der Waals surface area contributed by atoms with Gasteiger partial charge in [0, 0.05) is 43.3 Å². The van der Waals surface area contributed by atoms with Crippen molar-refractivity contribution in [2.75, 3.05) is 44.3 Å². The van der Waals surface area contributed by atoms with Gasteiger partial charge >= 0.3 is 0 Å². The summed E-state index contributed by atoms with van der Waals surface area (Å²) in [7, 11) is -4.07. The van der Waals surface area contributed by atoms with Crippen LogP contribution in [0.15, 0.2) is 96.0 Å². The van der Waals surface area contributed by atoms with Gasteiger partial charge in [0.1, 0.15) is 24.3 Å². The predicted octanol–water partition coefficient (Wildman–Crippen LogP) is 5.21. The summed E-state index contributed by atoms with van der Waals surface area (Å²) in [5, 5.41) is 19.6. The molecule has 2 saturated heterocycles. The Bertz CT molecular complexity index is 2220. The van der Waals surface area contributed by atoms with Crippen molar-refractivity contribution in [3.8, 4) is 40.3 Å². The minimum atomic E-state index is -4.07. The van der Waals surface area contributed by atoms with Gasteiger partial charge in [-0.15, -0.1) is 0 Å². The summed E-state index contributed by atoms with van der Waals surface area (Å²) in [6.45, 7) is 3.71. The summed E-state index contributed by atoms with van der Waals surface area (Å²) in [5.74, 6) is 0.154. The van der Waals surface area contributed by atoms with Gasteiger partial charge in [0.2, 0.25) is 5.91 Å². The van der Waals surface area contributed by atoms with E-state index in [2.05, 4.69) is 16.0 Å². The molecular formula is C37H32N6O5S. The van der Waals surface area contributed by atoms with Crippen LogP contribution in [-0.2, 0) is 19.6 Å². The normalized spacial score (nSPS) is 16.3. The number of nitriles is 2. The number of ether oxygens (including phenoxy) is 2. The molecule has 1 atom stereocenters. The Morgan fingerprint density at radius 1 is 0.939 bits per heavy atom. The molecule has 2 aromatic heterocycles. The van der Waals surface area contributed by atoms with E-state index in [0.717, 1.165) is 18.8 Å². The van der Waals surface area contributed by atoms with Gasteiger partial charge in [0.25, 0.3) is 10.0 Å². The summed E-state index contributed by atoms with van der Waals surface area (Å²) in [6, 6.07) is 29.1. The van der Waals surface area contributed by atoms with Crippen LogP contribution >= 0.6 is 0 Å². The second-order valence-corrected chi connectivity index (χ2v) is 13.7. The first-order chi connectivity index (χ1) is 23.9. The number of benzene rings is 3. The van der Waals surface area contributed by atoms with Crippen LogP contribution in [0.2, 0.25) is 0 Å². The second kappa shape index (κ2) is 13.4. The number of pyridine rings is 1. The fourth-order valence-corrected chi connectivity index (χ4v) is 7.93. The van der Waals surface area contributed by atoms with Crippen molar-refractivity contribution in [3.63, 3.8) is 0 Å². The smallest absolute Gasteiger partial charge is 0.269 e. The number of morpholine rings is 1. The molecular weight excluding hydrogens is 641 g/mol. The molecule has 0 N–H and O–H groups in total. The lowest BCUT2D eigenvalue weighted by Crippen LogP contribution is -2.36. The number of aromatic nitrogens is 2. The third-order valence-corrected chi connectivity index (χ3v) is 10.6. The van der Waals surface area contributed by atoms with Crippen molar-refractivity contribution >= 4 is 32.7 Å². The fourth-order valence-electron chi connectivity index (χ4n) is 6.43. The molecule has 0 spiro atoms. The van der Waals surface area contributed by atoms with E-state index in [4.69, 9.17) is 14.7 Å². The zero-order valence-electron chi connectivity index (χ0n) is 26.5. The molecule has 4 heterocycles. The van der Waals surface area contributed by atoms with Crippen LogP contribution in [0.4, 0.5) is 5.69 Å². The first-order valence-corrected chi connectivity index (χ1v) is 17.4. The van der Waals surface area contributed by atoms with Gasteiger partial charge in [-0.1, -0.05) is 36.4 Å². The molecule has 1 amide bonds. The number of amides is 1. The molecule has 7 rings (SSSR count). The number of hydrogen-bond donors (Lipinski definition) is 0. The number of carbonyl (C=O) groups excluding carboxylic acids is 1. The van der Waals surface area contributed by atoms with E-state index in [1.54, 1.807) is 59.6 Å². The molecule has 0 bridgehead atoms. The van der Waals surface area contributed by atoms with Crippen LogP contribution in [0.5, 0.6) is 5.75 Å². The van der Waals surface area contributed by atoms with Crippen molar-refractivity contribution in [2.24, 2.45) is 0 Å². The fraction of sp³-hybridized carbons (Fsp3) is 0.243. The van der Waals surface area contributed by atoms with Gasteiger partial charge in [-0.2, -0.15) is 10.5 Å². The first kappa shape index (κ1) is 31.9. The van der Waals surface area contributed by atoms with Gasteiger partial charge < -0.3 is 19.3 Å². The molecule has 0 saturated carbocycles. The van der Waals surface area contributed by atoms with Crippen molar-refractivity contribution in [1.82, 2.24) is 13.9 Å². The number of fused-ring (bicyclic) bond motifs is 1. The van der Waals surface area contributed by atoms with Crippen LogP contribution in [-0.4, -0.2) is 73.7 Å². The molecule has 49 heavy (non-hydrogen) atoms. The summed E-state index contributed by atoms with van der Waals surface area (Å²) < 4.78 is 41.5. The Morgan fingerprint density at radius 2 is 1.69 bits per heavy atom. The summed E-state index contributed by atoms with van der Waals surface area (Å²) >= 11 is 0. The zero-order valence-corrected chi connectivity index (χ0v) is 27.3. The maximum absolute atomic E-state index is 14.3. The Morgan fingerprint density at radius 3 is 2.43 bits per heavy atom. The topological polar surface area (TPSA) is 142 Å². The first-order valence-electron chi connectivity index (χ1n) is 16.0. The van der Waals surface area contributed by atoms with Gasteiger partial charge in [0.05, 0.1) is 42.0 Å². The van der Waals surface area contributed by atoms with E-state index in [-0.39, 0.29) is 29.0 Å². The van der Waals surface area contributed by atoms with Crippen LogP contribution in [0.25, 0.3) is 33.4 Å². The van der Waals surface area contributed by atoms with Gasteiger partial charge in [0.15, 0.2) is 5.65 Å². The quantitative estimate of drug-likeness (QED) is 0.217. The monoisotopic (exact) mass is 672 g/mol. The molecule has 2 aliphatic rings. The second-order valence-electron chi connectivity index (χ2n) is 11.9. The number of rotatable bonds is 8. The molecule has 2 aliphatic heterocycles. The number of anilines is 1. The van der Waals surface area contributed by atoms with E-state index in [9.17, 15) is 18.5 Å². The average Bonchev–Trinajstić information content (AvgIpc) is 3.78. The van der Waals surface area contributed by atoms with Crippen LogP contribution in [0.1, 0.15) is 18.4 Å². The van der Waals surface area contributed by atoms with E-state index in [1.165, 1.54) is 3.97 Å². The Kier molecular flexibility index (Phi) is 8.74. The van der Waals surface area contributed by atoms with Gasteiger partial charge in [-0.25, -0.2) is 17.4 Å². The van der Waals surface area contributed by atoms with Crippen molar-refractivity contribution in [2.45, 2.75) is 23.8 Å². The highest BCUT2D eigenvalue weighted by atomic mass is 32.2. The highest BCUT2D eigenvalue weighted by Gasteiger charge is 2.29. The number of hydrogen-bond acceptors (Lipinski definition) is 9. The minimum Gasteiger partial charge on any atom is -0.487 e.